The molecular formula is C52H89NO11Si. The van der Waals surface area contributed by atoms with E-state index in [0.717, 1.165) is 17.6 Å². The molecule has 0 unspecified atom stereocenters. The lowest BCUT2D eigenvalue weighted by Crippen LogP contribution is -2.66. The Labute approximate surface area is 393 Å². The van der Waals surface area contributed by atoms with E-state index in [0.29, 0.717) is 57.8 Å². The SMILES string of the molecule is C=CC[C@@H]1/C=C(\C)C[C@H](C)C[C@H](OC)[C@H]2O[C@@](O)(C(=O)N3CCCC[C@H]3C(=O)O[C@H](/C(C)=C/[C@@H]3CC[C@@H](O)[C@@H](OC)C3)[C@H](C)[C@@H](O[Si](C(C)C)(C(C)C)C(C)C)CC1=O)[C@H](C)C[C@H]2OC. The number of hydrogen-bond donors (Lipinski definition) is 2. The Hall–Kier alpha value is -2.23. The summed E-state index contributed by atoms with van der Waals surface area (Å²) < 4.78 is 38.7. The molecule has 0 radical (unpaired) electrons. The molecule has 4 aliphatic rings. The average Bonchev–Trinajstić information content (AvgIpc) is 3.25. The summed E-state index contributed by atoms with van der Waals surface area (Å²) in [5.74, 6) is -4.87. The summed E-state index contributed by atoms with van der Waals surface area (Å²) in [6, 6.07) is -0.981. The number of cyclic esters (lactones) is 1. The minimum absolute atomic E-state index is 0.0454. The molecule has 4 rings (SSSR count). The summed E-state index contributed by atoms with van der Waals surface area (Å²) >= 11 is 0. The lowest BCUT2D eigenvalue weighted by Gasteiger charge is -2.49. The number of nitrogens with zero attached hydrogens (tertiary/aromatic N) is 1. The van der Waals surface area contributed by atoms with Gasteiger partial charge >= 0.3 is 5.97 Å². The van der Waals surface area contributed by atoms with Gasteiger partial charge in [0, 0.05) is 52.0 Å². The van der Waals surface area contributed by atoms with E-state index in [4.69, 9.17) is 28.1 Å². The molecule has 14 atom stereocenters. The number of fused-ring (bicyclic) bond motifs is 3. The van der Waals surface area contributed by atoms with Gasteiger partial charge in [0.2, 0.25) is 8.32 Å². The van der Waals surface area contributed by atoms with Crippen molar-refractivity contribution in [3.8, 4) is 0 Å². The number of carbonyl (C=O) groups excluding carboxylic acids is 3. The number of aliphatic hydroxyl groups is 2. The number of hydrogen-bond acceptors (Lipinski definition) is 11. The zero-order chi connectivity index (χ0) is 48.6. The highest BCUT2D eigenvalue weighted by Gasteiger charge is 2.57. The van der Waals surface area contributed by atoms with E-state index in [1.54, 1.807) is 34.3 Å². The maximum Gasteiger partial charge on any atom is 0.329 e. The molecule has 3 heterocycles. The Bertz CT molecular complexity index is 1630. The number of methoxy groups -OCH3 is 3. The van der Waals surface area contributed by atoms with Gasteiger partial charge in [-0.05, 0) is 112 Å². The van der Waals surface area contributed by atoms with Gasteiger partial charge in [-0.25, -0.2) is 4.79 Å². The molecule has 1 aliphatic carbocycles. The molecule has 1 saturated carbocycles. The molecule has 12 nitrogen and oxygen atoms in total. The molecule has 65 heavy (non-hydrogen) atoms. The van der Waals surface area contributed by atoms with Crippen molar-refractivity contribution in [2.45, 2.75) is 218 Å². The number of aliphatic hydroxyl groups excluding tert-OH is 1. The Morgan fingerprint density at radius 3 is 2.09 bits per heavy atom. The molecular weight excluding hydrogens is 843 g/mol. The number of ketones is 1. The zero-order valence-electron chi connectivity index (χ0n) is 42.7. The fourth-order valence-corrected chi connectivity index (χ4v) is 17.8. The van der Waals surface area contributed by atoms with Gasteiger partial charge in [-0.2, -0.15) is 0 Å². The molecule has 0 aromatic carbocycles. The summed E-state index contributed by atoms with van der Waals surface area (Å²) in [7, 11) is 2.20. The number of ether oxygens (including phenoxy) is 5. The summed E-state index contributed by atoms with van der Waals surface area (Å²) in [5, 5.41) is 23.2. The zero-order valence-corrected chi connectivity index (χ0v) is 43.7. The highest BCUT2D eigenvalue weighted by atomic mass is 28.4. The van der Waals surface area contributed by atoms with Crippen LogP contribution in [0.5, 0.6) is 0 Å². The van der Waals surface area contributed by atoms with Gasteiger partial charge in [0.05, 0.1) is 30.5 Å². The van der Waals surface area contributed by atoms with Gasteiger partial charge in [0.15, 0.2) is 0 Å². The van der Waals surface area contributed by atoms with Gasteiger partial charge in [0.1, 0.15) is 24.0 Å². The van der Waals surface area contributed by atoms with Crippen LogP contribution in [-0.2, 0) is 42.5 Å². The van der Waals surface area contributed by atoms with E-state index < -0.39 is 86.4 Å². The number of allylic oxidation sites excluding steroid dienone is 4. The maximum absolute atomic E-state index is 15.0. The van der Waals surface area contributed by atoms with Crippen molar-refractivity contribution in [3.05, 3.63) is 36.0 Å². The standard InChI is InChI=1S/C52H89NO11Si/c1-16-19-40-25-34(8)24-35(9)26-46(60-14)49-47(61-15)28-37(11)52(58,63-49)51(57)53-23-18-17-20-41(53)50(56)62-48(36(10)27-39-21-22-42(54)45(29-39)59-13)38(12)44(30-43(40)55)64-65(31(2)3,32(4)5)33(6)7/h16,25,27,31-33,35,37-42,44-49,54,58H,1,17-24,26,28-30H2,2-15H3/b34-25+,36-27+/t35-,37+,38+,39-,40+,41-,42+,44-,45-,46-,47+,48+,49+,52+/m0/s1. The number of Topliss-reactive ketones (excluding diaryl/α,β-unsaturated/α-hetero) is 1. The van der Waals surface area contributed by atoms with Gasteiger partial charge in [-0.3, -0.25) is 9.59 Å². The summed E-state index contributed by atoms with van der Waals surface area (Å²) in [6.07, 6.45) is 7.74. The third-order valence-corrected chi connectivity index (χ3v) is 21.8. The smallest absolute Gasteiger partial charge is 0.329 e. The predicted molar refractivity (Wildman–Crippen MR) is 257 cm³/mol. The van der Waals surface area contributed by atoms with Crippen molar-refractivity contribution in [2.24, 2.45) is 29.6 Å². The second-order valence-electron chi connectivity index (χ2n) is 21.3. The van der Waals surface area contributed by atoms with Crippen molar-refractivity contribution in [1.29, 1.82) is 0 Å². The van der Waals surface area contributed by atoms with Crippen molar-refractivity contribution >= 4 is 26.0 Å². The third-order valence-electron chi connectivity index (χ3n) is 15.7. The van der Waals surface area contributed by atoms with E-state index in [-0.39, 0.29) is 53.3 Å². The van der Waals surface area contributed by atoms with Crippen LogP contribution >= 0.6 is 0 Å². The van der Waals surface area contributed by atoms with Crippen LogP contribution in [-0.4, -0.2) is 124 Å². The van der Waals surface area contributed by atoms with E-state index in [2.05, 4.69) is 74.1 Å². The van der Waals surface area contributed by atoms with Crippen molar-refractivity contribution in [3.63, 3.8) is 0 Å². The topological polar surface area (TPSA) is 150 Å². The van der Waals surface area contributed by atoms with E-state index in [9.17, 15) is 19.8 Å². The highest BCUT2D eigenvalue weighted by Crippen LogP contribution is 2.46. The normalized spacial score (nSPS) is 37.7. The summed E-state index contributed by atoms with van der Waals surface area (Å²) in [4.78, 5) is 46.4. The Kier molecular flexibility index (Phi) is 20.7. The Morgan fingerprint density at radius 2 is 1.51 bits per heavy atom. The minimum Gasteiger partial charge on any atom is -0.456 e. The quantitative estimate of drug-likeness (QED) is 0.110. The van der Waals surface area contributed by atoms with Crippen LogP contribution in [0.25, 0.3) is 0 Å². The maximum atomic E-state index is 15.0. The largest absolute Gasteiger partial charge is 0.456 e. The third kappa shape index (κ3) is 12.9. The molecule has 1 amide bonds. The van der Waals surface area contributed by atoms with Gasteiger partial charge in [0.25, 0.3) is 11.7 Å². The lowest BCUT2D eigenvalue weighted by atomic mass is 9.81. The van der Waals surface area contributed by atoms with Gasteiger partial charge in [-0.15, -0.1) is 6.58 Å². The van der Waals surface area contributed by atoms with Crippen LogP contribution in [0.15, 0.2) is 36.0 Å². The van der Waals surface area contributed by atoms with E-state index in [1.165, 1.54) is 4.90 Å². The van der Waals surface area contributed by atoms with Crippen LogP contribution < -0.4 is 0 Å². The van der Waals surface area contributed by atoms with Crippen LogP contribution in [0, 0.1) is 29.6 Å². The molecule has 13 heteroatoms. The minimum atomic E-state index is -2.63. The van der Waals surface area contributed by atoms with E-state index >= 15 is 4.79 Å². The van der Waals surface area contributed by atoms with Crippen LogP contribution in [0.1, 0.15) is 147 Å². The number of esters is 1. The number of carbonyl (C=O) groups is 3. The molecule has 372 valence electrons. The Morgan fingerprint density at radius 1 is 0.892 bits per heavy atom. The van der Waals surface area contributed by atoms with Crippen LogP contribution in [0.2, 0.25) is 16.6 Å². The number of piperidine rings is 1. The first-order valence-corrected chi connectivity index (χ1v) is 27.1. The highest BCUT2D eigenvalue weighted by molar-refractivity contribution is 6.77. The molecule has 2 bridgehead atoms. The fraction of sp³-hybridized carbons (Fsp3) is 0.827. The summed E-state index contributed by atoms with van der Waals surface area (Å²) in [6.45, 7) is 27.7. The van der Waals surface area contributed by atoms with Crippen LogP contribution in [0.3, 0.4) is 0 Å². The second-order valence-corrected chi connectivity index (χ2v) is 26.8. The molecule has 0 spiro atoms. The lowest BCUT2D eigenvalue weighted by molar-refractivity contribution is -0.309. The second kappa shape index (κ2) is 24.4. The first-order valence-electron chi connectivity index (χ1n) is 24.9. The molecule has 0 aromatic heterocycles. The Balaban J connectivity index is 1.95. The van der Waals surface area contributed by atoms with Crippen LogP contribution in [0.4, 0.5) is 0 Å². The molecule has 3 fully saturated rings. The van der Waals surface area contributed by atoms with Crippen molar-refractivity contribution in [1.82, 2.24) is 4.90 Å². The van der Waals surface area contributed by atoms with Crippen molar-refractivity contribution < 1.29 is 52.7 Å². The molecule has 3 aliphatic heterocycles. The predicted octanol–water partition coefficient (Wildman–Crippen LogP) is 9.27. The van der Waals surface area contributed by atoms with E-state index in [1.807, 2.05) is 13.8 Å². The monoisotopic (exact) mass is 932 g/mol. The molecule has 2 N–H and O–H groups in total. The fourth-order valence-electron chi connectivity index (χ4n) is 12.1. The number of rotatable bonds is 12. The first-order chi connectivity index (χ1) is 30.6. The van der Waals surface area contributed by atoms with Crippen molar-refractivity contribution in [2.75, 3.05) is 27.9 Å². The van der Waals surface area contributed by atoms with Gasteiger partial charge < -0.3 is 43.2 Å². The summed E-state index contributed by atoms with van der Waals surface area (Å²) in [5.41, 5.74) is 2.55. The molecule has 0 aromatic rings. The molecule has 2 saturated heterocycles. The average molecular weight is 932 g/mol. The number of amides is 1. The first kappa shape index (κ1) is 55.4. The van der Waals surface area contributed by atoms with Gasteiger partial charge in [-0.1, -0.05) is 86.1 Å².